The molecule has 0 aliphatic heterocycles. The van der Waals surface area contributed by atoms with Crippen molar-refractivity contribution in [2.24, 2.45) is 10.9 Å². The van der Waals surface area contributed by atoms with E-state index < -0.39 is 6.10 Å². The zero-order chi connectivity index (χ0) is 10.8. The van der Waals surface area contributed by atoms with Gasteiger partial charge >= 0.3 is 0 Å². The standard InChI is InChI=1S/C7H16N2O3S2/c8-6(1-9-12)3-13-5-14-4-7(11)2-10/h6-7,10-11H,1-5,8H2. The smallest absolute Gasteiger partial charge is 0.0970 e. The van der Waals surface area contributed by atoms with Gasteiger partial charge < -0.3 is 15.9 Å². The predicted octanol–water partition coefficient (Wildman–Crippen LogP) is -0.143. The third kappa shape index (κ3) is 8.76. The van der Waals surface area contributed by atoms with Crippen molar-refractivity contribution in [2.75, 3.05) is 29.7 Å². The Morgan fingerprint density at radius 2 is 2.00 bits per heavy atom. The van der Waals surface area contributed by atoms with Crippen LogP contribution in [0, 0.1) is 4.91 Å². The van der Waals surface area contributed by atoms with Crippen LogP contribution in [0.3, 0.4) is 0 Å². The fourth-order valence-electron chi connectivity index (χ4n) is 0.644. The Bertz CT molecular complexity index is 151. The number of aliphatic hydroxyl groups excluding tert-OH is 2. The maximum absolute atomic E-state index is 9.83. The molecule has 0 spiro atoms. The maximum atomic E-state index is 9.83. The molecule has 0 aliphatic rings. The van der Waals surface area contributed by atoms with Gasteiger partial charge in [-0.3, -0.25) is 0 Å². The minimum atomic E-state index is -0.647. The Hall–Kier alpha value is 0.180. The molecule has 2 atom stereocenters. The molecular formula is C7H16N2O3S2. The molecule has 0 saturated heterocycles. The van der Waals surface area contributed by atoms with E-state index in [-0.39, 0.29) is 19.2 Å². The molecule has 0 bridgehead atoms. The van der Waals surface area contributed by atoms with Crippen molar-refractivity contribution in [3.63, 3.8) is 0 Å². The van der Waals surface area contributed by atoms with Crippen LogP contribution in [0.25, 0.3) is 0 Å². The Morgan fingerprint density at radius 3 is 2.57 bits per heavy atom. The quantitative estimate of drug-likeness (QED) is 0.295. The minimum Gasteiger partial charge on any atom is -0.394 e. The van der Waals surface area contributed by atoms with Gasteiger partial charge in [-0.05, 0) is 0 Å². The highest BCUT2D eigenvalue weighted by atomic mass is 32.2. The summed E-state index contributed by atoms with van der Waals surface area (Å²) in [5.74, 6) is 1.21. The van der Waals surface area contributed by atoms with Crippen molar-refractivity contribution >= 4 is 23.5 Å². The average molecular weight is 240 g/mol. The lowest BCUT2D eigenvalue weighted by Crippen LogP contribution is -2.26. The zero-order valence-electron chi connectivity index (χ0n) is 7.83. The summed E-state index contributed by atoms with van der Waals surface area (Å²) in [6, 6.07) is -0.180. The maximum Gasteiger partial charge on any atom is 0.0970 e. The molecule has 4 N–H and O–H groups in total. The second-order valence-corrected chi connectivity index (χ2v) is 5.19. The van der Waals surface area contributed by atoms with E-state index in [1.165, 1.54) is 11.8 Å². The van der Waals surface area contributed by atoms with Crippen LogP contribution in [0.15, 0.2) is 5.18 Å². The van der Waals surface area contributed by atoms with Gasteiger partial charge in [-0.25, -0.2) is 0 Å². The first-order valence-corrected chi connectivity index (χ1v) is 6.50. The van der Waals surface area contributed by atoms with E-state index in [2.05, 4.69) is 5.18 Å². The normalized spacial score (nSPS) is 15.1. The van der Waals surface area contributed by atoms with E-state index in [1.807, 2.05) is 0 Å². The van der Waals surface area contributed by atoms with Crippen LogP contribution in [-0.2, 0) is 0 Å². The van der Waals surface area contributed by atoms with E-state index >= 15 is 0 Å². The SMILES string of the molecule is NC(CN=O)CSCSCC(O)CO. The van der Waals surface area contributed by atoms with Crippen molar-refractivity contribution in [3.05, 3.63) is 4.91 Å². The highest BCUT2D eigenvalue weighted by Gasteiger charge is 2.04. The van der Waals surface area contributed by atoms with Crippen LogP contribution in [-0.4, -0.2) is 52.1 Å². The first-order chi connectivity index (χ1) is 6.70. The van der Waals surface area contributed by atoms with Crippen LogP contribution < -0.4 is 5.73 Å². The largest absolute Gasteiger partial charge is 0.394 e. The van der Waals surface area contributed by atoms with E-state index in [0.29, 0.717) is 11.5 Å². The first-order valence-electron chi connectivity index (χ1n) is 4.19. The van der Waals surface area contributed by atoms with Gasteiger partial charge in [-0.15, -0.1) is 23.5 Å². The summed E-state index contributed by atoms with van der Waals surface area (Å²) in [5.41, 5.74) is 5.54. The predicted molar refractivity (Wildman–Crippen MR) is 61.5 cm³/mol. The lowest BCUT2D eigenvalue weighted by Gasteiger charge is -2.08. The van der Waals surface area contributed by atoms with Crippen LogP contribution >= 0.6 is 23.5 Å². The van der Waals surface area contributed by atoms with Gasteiger partial charge in [0.2, 0.25) is 0 Å². The topological polar surface area (TPSA) is 95.9 Å². The highest BCUT2D eigenvalue weighted by Crippen LogP contribution is 2.13. The van der Waals surface area contributed by atoms with Crippen LogP contribution in [0.1, 0.15) is 0 Å². The molecule has 2 unspecified atom stereocenters. The highest BCUT2D eigenvalue weighted by molar-refractivity contribution is 8.16. The lowest BCUT2D eigenvalue weighted by atomic mass is 10.4. The van der Waals surface area contributed by atoms with E-state index in [4.69, 9.17) is 15.9 Å². The minimum absolute atomic E-state index is 0.150. The van der Waals surface area contributed by atoms with Gasteiger partial charge in [0.1, 0.15) is 0 Å². The van der Waals surface area contributed by atoms with Gasteiger partial charge in [-0.1, -0.05) is 5.18 Å². The lowest BCUT2D eigenvalue weighted by molar-refractivity contribution is 0.113. The zero-order valence-corrected chi connectivity index (χ0v) is 9.47. The number of hydrogen-bond donors (Lipinski definition) is 3. The van der Waals surface area contributed by atoms with Gasteiger partial charge in [0.05, 0.1) is 19.3 Å². The second kappa shape index (κ2) is 9.72. The van der Waals surface area contributed by atoms with Gasteiger partial charge in [0.25, 0.3) is 0 Å². The summed E-state index contributed by atoms with van der Waals surface area (Å²) < 4.78 is 0. The van der Waals surface area contributed by atoms with Gasteiger partial charge in [0.15, 0.2) is 0 Å². The fourth-order valence-corrected chi connectivity index (χ4v) is 2.67. The van der Waals surface area contributed by atoms with Crippen LogP contribution in [0.5, 0.6) is 0 Å². The Balaban J connectivity index is 3.16. The molecule has 0 fully saturated rings. The second-order valence-electron chi connectivity index (χ2n) is 2.77. The van der Waals surface area contributed by atoms with Crippen molar-refractivity contribution in [3.8, 4) is 0 Å². The summed E-state index contributed by atoms with van der Waals surface area (Å²) in [4.78, 5) is 9.83. The molecule has 0 heterocycles. The number of nitrogens with zero attached hydrogens (tertiary/aromatic N) is 1. The molecule has 0 radical (unpaired) electrons. The number of nitroso groups, excluding NO2 is 1. The first kappa shape index (κ1) is 14.2. The number of thioether (sulfide) groups is 2. The van der Waals surface area contributed by atoms with Crippen LogP contribution in [0.2, 0.25) is 0 Å². The van der Waals surface area contributed by atoms with E-state index in [1.54, 1.807) is 11.8 Å². The molecule has 0 saturated carbocycles. The fraction of sp³-hybridized carbons (Fsp3) is 1.00. The van der Waals surface area contributed by atoms with Crippen molar-refractivity contribution in [1.29, 1.82) is 0 Å². The molecular weight excluding hydrogens is 224 g/mol. The molecule has 84 valence electrons. The molecule has 7 heteroatoms. The third-order valence-corrected chi connectivity index (χ3v) is 3.95. The monoisotopic (exact) mass is 240 g/mol. The van der Waals surface area contributed by atoms with E-state index in [0.717, 1.165) is 5.08 Å². The molecule has 0 rings (SSSR count). The summed E-state index contributed by atoms with van der Waals surface area (Å²) in [6.07, 6.45) is -0.647. The third-order valence-electron chi connectivity index (χ3n) is 1.33. The van der Waals surface area contributed by atoms with Crippen LogP contribution in [0.4, 0.5) is 0 Å². The summed E-state index contributed by atoms with van der Waals surface area (Å²) in [5, 5.41) is 21.0. The molecule has 0 aromatic rings. The summed E-state index contributed by atoms with van der Waals surface area (Å²) in [7, 11) is 0. The van der Waals surface area contributed by atoms with Crippen molar-refractivity contribution < 1.29 is 10.2 Å². The van der Waals surface area contributed by atoms with Gasteiger partial charge in [0, 0.05) is 22.6 Å². The molecule has 5 nitrogen and oxygen atoms in total. The van der Waals surface area contributed by atoms with Crippen molar-refractivity contribution in [2.45, 2.75) is 12.1 Å². The average Bonchev–Trinajstić information content (AvgIpc) is 2.17. The Labute approximate surface area is 91.8 Å². The molecule has 0 aromatic heterocycles. The van der Waals surface area contributed by atoms with Gasteiger partial charge in [-0.2, -0.15) is 4.91 Å². The molecule has 0 aliphatic carbocycles. The summed E-state index contributed by atoms with van der Waals surface area (Å²) in [6.45, 7) is -0.0524. The number of hydrogen-bond acceptors (Lipinski definition) is 7. The molecule has 14 heavy (non-hydrogen) atoms. The molecule has 0 aromatic carbocycles. The molecule has 0 amide bonds. The Kier molecular flexibility index (Phi) is 9.85. The van der Waals surface area contributed by atoms with Crippen molar-refractivity contribution in [1.82, 2.24) is 0 Å². The number of nitrogens with two attached hydrogens (primary N) is 1. The summed E-state index contributed by atoms with van der Waals surface area (Å²) >= 11 is 3.13. The Morgan fingerprint density at radius 1 is 1.36 bits per heavy atom. The number of aliphatic hydroxyl groups is 2. The van der Waals surface area contributed by atoms with E-state index in [9.17, 15) is 4.91 Å². The number of rotatable bonds is 9.